The number of hydrogen-bond donors (Lipinski definition) is 1. The number of rotatable bonds is 6. The Labute approximate surface area is 99.8 Å². The Bertz CT molecular complexity index is 299. The molecule has 1 rings (SSSR count). The molecule has 1 atom stereocenters. The van der Waals surface area contributed by atoms with Gasteiger partial charge in [0.15, 0.2) is 0 Å². The molecule has 0 saturated carbocycles. The minimum atomic E-state index is -2.85. The van der Waals surface area contributed by atoms with Gasteiger partial charge in [0.05, 0.1) is 6.54 Å². The van der Waals surface area contributed by atoms with E-state index >= 15 is 0 Å². The minimum absolute atomic E-state index is 0.0342. The van der Waals surface area contributed by atoms with E-state index in [2.05, 4.69) is 5.32 Å². The van der Waals surface area contributed by atoms with Crippen LogP contribution in [0, 0.1) is 0 Å². The lowest BCUT2D eigenvalue weighted by Gasteiger charge is -2.21. The molecule has 0 fully saturated rings. The summed E-state index contributed by atoms with van der Waals surface area (Å²) in [6.45, 7) is 1.54. The Morgan fingerprint density at radius 1 is 1.31 bits per heavy atom. The van der Waals surface area contributed by atoms with Crippen LogP contribution in [0.3, 0.4) is 0 Å². The first kappa shape index (κ1) is 13.4. The number of benzene rings is 1. The van der Waals surface area contributed by atoms with E-state index in [1.165, 1.54) is 12.1 Å². The monoisotopic (exact) mass is 247 g/mol. The molecule has 1 unspecified atom stereocenters. The van der Waals surface area contributed by atoms with E-state index in [-0.39, 0.29) is 18.2 Å². The van der Waals surface area contributed by atoms with Gasteiger partial charge in [-0.2, -0.15) is 8.78 Å². The first-order chi connectivity index (χ1) is 7.60. The molecule has 0 amide bonds. The third-order valence-corrected chi connectivity index (χ3v) is 2.86. The second-order valence-electron chi connectivity index (χ2n) is 3.71. The highest BCUT2D eigenvalue weighted by molar-refractivity contribution is 6.18. The summed E-state index contributed by atoms with van der Waals surface area (Å²) in [7, 11) is 0. The lowest BCUT2D eigenvalue weighted by Crippen LogP contribution is -2.38. The van der Waals surface area contributed by atoms with Gasteiger partial charge in [-0.15, -0.1) is 11.6 Å². The van der Waals surface area contributed by atoms with Crippen LogP contribution in [0.4, 0.5) is 8.78 Å². The lowest BCUT2D eigenvalue weighted by molar-refractivity contribution is -0.00525. The van der Waals surface area contributed by atoms with Crippen molar-refractivity contribution < 1.29 is 8.78 Å². The van der Waals surface area contributed by atoms with Gasteiger partial charge in [-0.05, 0) is 6.42 Å². The van der Waals surface area contributed by atoms with Crippen LogP contribution in [0.5, 0.6) is 0 Å². The average Bonchev–Trinajstić information content (AvgIpc) is 2.31. The predicted octanol–water partition coefficient (Wildman–Crippen LogP) is 3.39. The van der Waals surface area contributed by atoms with Gasteiger partial charge in [0.2, 0.25) is 0 Å². The summed E-state index contributed by atoms with van der Waals surface area (Å²) in [6, 6.07) is 7.76. The third-order valence-electron chi connectivity index (χ3n) is 2.49. The van der Waals surface area contributed by atoms with E-state index in [0.717, 1.165) is 6.42 Å². The zero-order valence-corrected chi connectivity index (χ0v) is 9.98. The molecule has 0 heterocycles. The second kappa shape index (κ2) is 6.16. The molecular formula is C12H16ClF2N. The fourth-order valence-corrected chi connectivity index (χ4v) is 1.69. The van der Waals surface area contributed by atoms with Gasteiger partial charge in [0.25, 0.3) is 5.92 Å². The largest absolute Gasteiger partial charge is 0.307 e. The fraction of sp³-hybridized carbons (Fsp3) is 0.500. The molecule has 4 heteroatoms. The summed E-state index contributed by atoms with van der Waals surface area (Å²) in [5, 5.41) is 2.78. The van der Waals surface area contributed by atoms with Gasteiger partial charge < -0.3 is 5.32 Å². The normalized spacial score (nSPS) is 13.8. The molecule has 16 heavy (non-hydrogen) atoms. The van der Waals surface area contributed by atoms with Gasteiger partial charge in [-0.25, -0.2) is 0 Å². The highest BCUT2D eigenvalue weighted by atomic mass is 35.5. The molecule has 0 aliphatic heterocycles. The van der Waals surface area contributed by atoms with Crippen LogP contribution in [0.2, 0.25) is 0 Å². The molecule has 0 bridgehead atoms. The highest BCUT2D eigenvalue weighted by Gasteiger charge is 2.31. The van der Waals surface area contributed by atoms with Gasteiger partial charge in [-0.1, -0.05) is 37.3 Å². The number of nitrogens with one attached hydrogen (secondary N) is 1. The third kappa shape index (κ3) is 3.72. The molecule has 1 nitrogen and oxygen atoms in total. The van der Waals surface area contributed by atoms with Crippen molar-refractivity contribution in [3.05, 3.63) is 35.9 Å². The molecule has 0 aliphatic rings. The van der Waals surface area contributed by atoms with Crippen LogP contribution in [0.15, 0.2) is 30.3 Å². The van der Waals surface area contributed by atoms with Crippen LogP contribution >= 0.6 is 11.6 Å². The van der Waals surface area contributed by atoms with Crippen LogP contribution < -0.4 is 5.32 Å². The van der Waals surface area contributed by atoms with Crippen molar-refractivity contribution >= 4 is 11.6 Å². The van der Waals surface area contributed by atoms with E-state index in [1.54, 1.807) is 18.2 Å². The van der Waals surface area contributed by atoms with Gasteiger partial charge >= 0.3 is 0 Å². The predicted molar refractivity (Wildman–Crippen MR) is 63.1 cm³/mol. The van der Waals surface area contributed by atoms with Crippen LogP contribution in [0.25, 0.3) is 0 Å². The van der Waals surface area contributed by atoms with Crippen molar-refractivity contribution in [2.75, 3.05) is 12.4 Å². The second-order valence-corrected chi connectivity index (χ2v) is 4.02. The van der Waals surface area contributed by atoms with E-state index in [9.17, 15) is 8.78 Å². The van der Waals surface area contributed by atoms with E-state index in [4.69, 9.17) is 11.6 Å². The molecule has 1 N–H and O–H groups in total. The average molecular weight is 248 g/mol. The maximum absolute atomic E-state index is 13.7. The van der Waals surface area contributed by atoms with Crippen molar-refractivity contribution in [2.24, 2.45) is 0 Å². The van der Waals surface area contributed by atoms with Gasteiger partial charge in [-0.3, -0.25) is 0 Å². The van der Waals surface area contributed by atoms with E-state index in [0.29, 0.717) is 5.88 Å². The van der Waals surface area contributed by atoms with Gasteiger partial charge in [0.1, 0.15) is 0 Å². The number of hydrogen-bond acceptors (Lipinski definition) is 1. The Balaban J connectivity index is 2.58. The smallest absolute Gasteiger partial charge is 0.285 e. The summed E-state index contributed by atoms with van der Waals surface area (Å²) in [4.78, 5) is 0. The summed E-state index contributed by atoms with van der Waals surface area (Å²) in [5.74, 6) is -2.50. The first-order valence-electron chi connectivity index (χ1n) is 5.33. The Hall–Kier alpha value is -0.670. The molecule has 90 valence electrons. The first-order valence-corrected chi connectivity index (χ1v) is 5.86. The van der Waals surface area contributed by atoms with Crippen LogP contribution in [-0.4, -0.2) is 18.5 Å². The van der Waals surface area contributed by atoms with Crippen LogP contribution in [0.1, 0.15) is 18.9 Å². The van der Waals surface area contributed by atoms with Crippen molar-refractivity contribution in [3.8, 4) is 0 Å². The van der Waals surface area contributed by atoms with Crippen molar-refractivity contribution in [1.82, 2.24) is 5.32 Å². The van der Waals surface area contributed by atoms with Crippen molar-refractivity contribution in [3.63, 3.8) is 0 Å². The zero-order chi connectivity index (χ0) is 12.0. The molecule has 0 radical (unpaired) electrons. The Morgan fingerprint density at radius 3 is 2.44 bits per heavy atom. The molecule has 0 aromatic heterocycles. The molecule has 0 saturated heterocycles. The highest BCUT2D eigenvalue weighted by Crippen LogP contribution is 2.26. The summed E-state index contributed by atoms with van der Waals surface area (Å²) < 4.78 is 27.4. The standard InChI is InChI=1S/C12H16ClF2N/c1-2-11(8-13)16-9-12(14,15)10-6-4-3-5-7-10/h3-7,11,16H,2,8-9H2,1H3. The quantitative estimate of drug-likeness (QED) is 0.760. The molecule has 0 spiro atoms. The Kier molecular flexibility index (Phi) is 5.16. The topological polar surface area (TPSA) is 12.0 Å². The van der Waals surface area contributed by atoms with Crippen LogP contribution in [-0.2, 0) is 5.92 Å². The van der Waals surface area contributed by atoms with Gasteiger partial charge in [0, 0.05) is 17.5 Å². The molecular weight excluding hydrogens is 232 g/mol. The fourth-order valence-electron chi connectivity index (χ4n) is 1.36. The summed E-state index contributed by atoms with van der Waals surface area (Å²) in [5.41, 5.74) is 0.0342. The number of halogens is 3. The van der Waals surface area contributed by atoms with Crippen molar-refractivity contribution in [2.45, 2.75) is 25.3 Å². The number of alkyl halides is 3. The summed E-state index contributed by atoms with van der Waals surface area (Å²) in [6.07, 6.45) is 0.744. The minimum Gasteiger partial charge on any atom is -0.307 e. The maximum Gasteiger partial charge on any atom is 0.285 e. The molecule has 1 aromatic rings. The lowest BCUT2D eigenvalue weighted by atomic mass is 10.1. The van der Waals surface area contributed by atoms with E-state index in [1.807, 2.05) is 6.92 Å². The summed E-state index contributed by atoms with van der Waals surface area (Å²) >= 11 is 5.64. The zero-order valence-electron chi connectivity index (χ0n) is 9.22. The molecule has 0 aliphatic carbocycles. The van der Waals surface area contributed by atoms with Crippen molar-refractivity contribution in [1.29, 1.82) is 0 Å². The Morgan fingerprint density at radius 2 is 1.94 bits per heavy atom. The maximum atomic E-state index is 13.7. The van der Waals surface area contributed by atoms with E-state index < -0.39 is 5.92 Å². The molecule has 1 aromatic carbocycles. The SMILES string of the molecule is CCC(CCl)NCC(F)(F)c1ccccc1.